The lowest BCUT2D eigenvalue weighted by atomic mass is 10.2. The number of rotatable bonds is 7. The van der Waals surface area contributed by atoms with Crippen molar-refractivity contribution in [1.82, 2.24) is 9.88 Å². The van der Waals surface area contributed by atoms with Gasteiger partial charge in [-0.25, -0.2) is 8.42 Å². The normalized spacial score (nSPS) is 12.4. The van der Waals surface area contributed by atoms with Crippen molar-refractivity contribution in [3.8, 4) is 0 Å². The summed E-state index contributed by atoms with van der Waals surface area (Å²) in [4.78, 5) is 0. The first-order valence-electron chi connectivity index (χ1n) is 7.45. The Balaban J connectivity index is 2.32. The second-order valence-electron chi connectivity index (χ2n) is 5.54. The Bertz CT molecular complexity index is 702. The van der Waals surface area contributed by atoms with E-state index in [2.05, 4.69) is 28.9 Å². The molecule has 1 aromatic carbocycles. The Hall–Kier alpha value is -1.33. The summed E-state index contributed by atoms with van der Waals surface area (Å²) in [5.74, 6) is 0.183. The molecular formula is C16H24N2O2S. The van der Waals surface area contributed by atoms with Crippen LogP contribution in [-0.4, -0.2) is 30.5 Å². The minimum atomic E-state index is -3.02. The average Bonchev–Trinajstić information content (AvgIpc) is 2.80. The first-order valence-corrected chi connectivity index (χ1v) is 9.16. The van der Waals surface area contributed by atoms with Crippen molar-refractivity contribution in [2.24, 2.45) is 0 Å². The number of aromatic nitrogens is 1. The molecule has 0 amide bonds. The fraction of sp³-hybridized carbons (Fsp3) is 0.500. The lowest BCUT2D eigenvalue weighted by Crippen LogP contribution is -2.23. The Morgan fingerprint density at radius 2 is 1.95 bits per heavy atom. The minimum absolute atomic E-state index is 0.183. The van der Waals surface area contributed by atoms with Crippen molar-refractivity contribution in [2.45, 2.75) is 39.1 Å². The molecule has 21 heavy (non-hydrogen) atoms. The molecule has 0 radical (unpaired) electrons. The molecule has 1 heterocycles. The van der Waals surface area contributed by atoms with Crippen molar-refractivity contribution < 1.29 is 8.42 Å². The third kappa shape index (κ3) is 3.66. The van der Waals surface area contributed by atoms with E-state index in [9.17, 15) is 8.42 Å². The Morgan fingerprint density at radius 3 is 2.62 bits per heavy atom. The van der Waals surface area contributed by atoms with Crippen LogP contribution in [0.4, 0.5) is 0 Å². The van der Waals surface area contributed by atoms with Crippen LogP contribution in [-0.2, 0) is 22.9 Å². The number of aryl methyl sites for hydroxylation is 1. The minimum Gasteiger partial charge on any atom is -0.342 e. The van der Waals surface area contributed by atoms with Crippen LogP contribution in [0.25, 0.3) is 10.9 Å². The maximum absolute atomic E-state index is 12.1. The second-order valence-corrected chi connectivity index (χ2v) is 8.22. The van der Waals surface area contributed by atoms with Crippen LogP contribution in [0, 0.1) is 0 Å². The Labute approximate surface area is 127 Å². The van der Waals surface area contributed by atoms with E-state index in [0.29, 0.717) is 6.54 Å². The molecule has 0 aliphatic heterocycles. The van der Waals surface area contributed by atoms with Crippen LogP contribution in [0.15, 0.2) is 30.3 Å². The summed E-state index contributed by atoms with van der Waals surface area (Å²) in [5, 5.41) is 4.15. The molecule has 0 saturated heterocycles. The van der Waals surface area contributed by atoms with E-state index >= 15 is 0 Å². The van der Waals surface area contributed by atoms with E-state index in [-0.39, 0.29) is 11.0 Å². The molecule has 0 aliphatic rings. The van der Waals surface area contributed by atoms with Crippen molar-refractivity contribution >= 4 is 20.7 Å². The molecule has 0 fully saturated rings. The van der Waals surface area contributed by atoms with Gasteiger partial charge in [0, 0.05) is 24.3 Å². The van der Waals surface area contributed by atoms with Gasteiger partial charge in [0.15, 0.2) is 9.84 Å². The smallest absolute Gasteiger partial charge is 0.154 e. The molecular weight excluding hydrogens is 284 g/mol. The number of sulfone groups is 1. The molecule has 0 spiro atoms. The number of para-hydroxylation sites is 1. The van der Waals surface area contributed by atoms with Crippen LogP contribution in [0.1, 0.15) is 26.5 Å². The van der Waals surface area contributed by atoms with E-state index < -0.39 is 9.84 Å². The summed E-state index contributed by atoms with van der Waals surface area (Å²) in [5.41, 5.74) is 2.24. The second kappa shape index (κ2) is 6.62. The van der Waals surface area contributed by atoms with E-state index in [1.165, 1.54) is 0 Å². The maximum Gasteiger partial charge on any atom is 0.154 e. The van der Waals surface area contributed by atoms with Crippen LogP contribution in [0.5, 0.6) is 0 Å². The molecule has 2 aromatic rings. The molecule has 0 bridgehead atoms. The number of hydrogen-bond donors (Lipinski definition) is 1. The Kier molecular flexibility index (Phi) is 5.06. The van der Waals surface area contributed by atoms with Gasteiger partial charge in [-0.15, -0.1) is 0 Å². The maximum atomic E-state index is 12.1. The third-order valence-corrected chi connectivity index (χ3v) is 5.96. The zero-order valence-corrected chi connectivity index (χ0v) is 13.8. The summed E-state index contributed by atoms with van der Waals surface area (Å²) >= 11 is 0. The van der Waals surface area contributed by atoms with Gasteiger partial charge in [0.2, 0.25) is 0 Å². The molecule has 5 heteroatoms. The van der Waals surface area contributed by atoms with Gasteiger partial charge >= 0.3 is 0 Å². The van der Waals surface area contributed by atoms with Gasteiger partial charge in [0.25, 0.3) is 0 Å². The molecule has 4 nitrogen and oxygen atoms in total. The number of fused-ring (bicyclic) bond motifs is 1. The predicted molar refractivity (Wildman–Crippen MR) is 88.2 cm³/mol. The highest BCUT2D eigenvalue weighted by Crippen LogP contribution is 2.20. The standard InChI is InChI=1S/C16H24N2O2S/c1-4-17-12-15-11-14-7-5-6-8-16(14)18(15)9-10-21(19,20)13(2)3/h5-8,11,13,17H,4,9-10,12H2,1-3H3. The molecule has 1 N–H and O–H groups in total. The van der Waals surface area contributed by atoms with Crippen molar-refractivity contribution in [2.75, 3.05) is 12.3 Å². The van der Waals surface area contributed by atoms with E-state index in [4.69, 9.17) is 0 Å². The summed E-state index contributed by atoms with van der Waals surface area (Å²) < 4.78 is 26.2. The van der Waals surface area contributed by atoms with Gasteiger partial charge in [-0.05, 0) is 37.9 Å². The lowest BCUT2D eigenvalue weighted by molar-refractivity contribution is 0.578. The fourth-order valence-corrected chi connectivity index (χ4v) is 3.29. The van der Waals surface area contributed by atoms with Crippen LogP contribution >= 0.6 is 0 Å². The van der Waals surface area contributed by atoms with Crippen molar-refractivity contribution in [3.63, 3.8) is 0 Å². The average molecular weight is 308 g/mol. The molecule has 0 unspecified atom stereocenters. The summed E-state index contributed by atoms with van der Waals surface area (Å²) in [7, 11) is -3.02. The van der Waals surface area contributed by atoms with E-state index in [0.717, 1.165) is 29.7 Å². The van der Waals surface area contributed by atoms with Crippen molar-refractivity contribution in [1.29, 1.82) is 0 Å². The van der Waals surface area contributed by atoms with Crippen molar-refractivity contribution in [3.05, 3.63) is 36.0 Å². The summed E-state index contributed by atoms with van der Waals surface area (Å²) in [6.07, 6.45) is 0. The zero-order chi connectivity index (χ0) is 15.5. The first kappa shape index (κ1) is 16.0. The highest BCUT2D eigenvalue weighted by Gasteiger charge is 2.17. The monoisotopic (exact) mass is 308 g/mol. The molecule has 116 valence electrons. The number of hydrogen-bond acceptors (Lipinski definition) is 3. The summed E-state index contributed by atoms with van der Waals surface area (Å²) in [6, 6.07) is 10.3. The number of nitrogens with one attached hydrogen (secondary N) is 1. The zero-order valence-electron chi connectivity index (χ0n) is 13.0. The largest absolute Gasteiger partial charge is 0.342 e. The SMILES string of the molecule is CCNCc1cc2ccccc2n1CCS(=O)(=O)C(C)C. The topological polar surface area (TPSA) is 51.1 Å². The molecule has 1 aromatic heterocycles. The molecule has 0 aliphatic carbocycles. The molecule has 2 rings (SSSR count). The fourth-order valence-electron chi connectivity index (χ4n) is 2.39. The summed E-state index contributed by atoms with van der Waals surface area (Å²) in [6.45, 7) is 7.70. The highest BCUT2D eigenvalue weighted by atomic mass is 32.2. The highest BCUT2D eigenvalue weighted by molar-refractivity contribution is 7.91. The van der Waals surface area contributed by atoms with Gasteiger partial charge in [-0.3, -0.25) is 0 Å². The number of benzene rings is 1. The first-order chi connectivity index (χ1) is 9.95. The molecule has 0 atom stereocenters. The lowest BCUT2D eigenvalue weighted by Gasteiger charge is -2.13. The van der Waals surface area contributed by atoms with Gasteiger partial charge in [0.05, 0.1) is 11.0 Å². The van der Waals surface area contributed by atoms with E-state index in [1.807, 2.05) is 18.2 Å². The van der Waals surface area contributed by atoms with Gasteiger partial charge in [0.1, 0.15) is 0 Å². The number of nitrogens with zero attached hydrogens (tertiary/aromatic N) is 1. The predicted octanol–water partition coefficient (Wildman–Crippen LogP) is 2.57. The van der Waals surface area contributed by atoms with Crippen LogP contribution in [0.2, 0.25) is 0 Å². The third-order valence-electron chi connectivity index (χ3n) is 3.77. The van der Waals surface area contributed by atoms with E-state index in [1.54, 1.807) is 13.8 Å². The molecule has 0 saturated carbocycles. The Morgan fingerprint density at radius 1 is 1.24 bits per heavy atom. The van der Waals surface area contributed by atoms with Crippen LogP contribution in [0.3, 0.4) is 0 Å². The van der Waals surface area contributed by atoms with Gasteiger partial charge in [-0.2, -0.15) is 0 Å². The van der Waals surface area contributed by atoms with Gasteiger partial charge < -0.3 is 9.88 Å². The quantitative estimate of drug-likeness (QED) is 0.855. The van der Waals surface area contributed by atoms with Crippen LogP contribution < -0.4 is 5.32 Å². The van der Waals surface area contributed by atoms with Gasteiger partial charge in [-0.1, -0.05) is 25.1 Å².